The van der Waals surface area contributed by atoms with Crippen LogP contribution < -0.4 is 0 Å². The van der Waals surface area contributed by atoms with Crippen molar-refractivity contribution in [3.8, 4) is 0 Å². The third-order valence-corrected chi connectivity index (χ3v) is 2.21. The molecule has 11 heavy (non-hydrogen) atoms. The van der Waals surface area contributed by atoms with Crippen molar-refractivity contribution in [1.29, 1.82) is 0 Å². The highest BCUT2D eigenvalue weighted by atomic mass is 14.9. The van der Waals surface area contributed by atoms with Crippen molar-refractivity contribution in [2.45, 2.75) is 25.9 Å². The molecule has 0 aliphatic carbocycles. The molecule has 1 atom stereocenters. The first-order chi connectivity index (χ1) is 5.36. The Bertz CT molecular complexity index is 255. The Kier molecular flexibility index (Phi) is 1.66. The number of benzene rings is 1. The summed E-state index contributed by atoms with van der Waals surface area (Å²) in [6, 6.07) is 9.09. The summed E-state index contributed by atoms with van der Waals surface area (Å²) >= 11 is 0. The number of rotatable bonds is 0. The van der Waals surface area contributed by atoms with Gasteiger partial charge in [-0.1, -0.05) is 36.8 Å². The van der Waals surface area contributed by atoms with E-state index in [1.807, 2.05) is 0 Å². The van der Waals surface area contributed by atoms with Gasteiger partial charge in [0.2, 0.25) is 0 Å². The minimum atomic E-state index is 0.518. The minimum Gasteiger partial charge on any atom is -0.656 e. The molecule has 0 saturated heterocycles. The third-order valence-electron chi connectivity index (χ3n) is 2.21. The van der Waals surface area contributed by atoms with Crippen LogP contribution in [0.4, 0.5) is 0 Å². The number of nitrogens with zero attached hydrogens (tertiary/aromatic N) is 1. The van der Waals surface area contributed by atoms with E-state index in [1.54, 1.807) is 0 Å². The average Bonchev–Trinajstić information content (AvgIpc) is 2.04. The molecule has 0 unspecified atom stereocenters. The second-order valence-electron chi connectivity index (χ2n) is 3.16. The summed E-state index contributed by atoms with van der Waals surface area (Å²) in [5.41, 5.74) is 2.89. The lowest BCUT2D eigenvalue weighted by Gasteiger charge is -2.35. The number of fused-ring (bicyclic) bond motifs is 1. The van der Waals surface area contributed by atoms with Crippen LogP contribution in [0.3, 0.4) is 0 Å². The molecular formula is C10H12N-. The Morgan fingerprint density at radius 2 is 2.00 bits per heavy atom. The summed E-state index contributed by atoms with van der Waals surface area (Å²) in [5.74, 6) is 0. The van der Waals surface area contributed by atoms with Crippen LogP contribution in [0.1, 0.15) is 18.1 Å². The van der Waals surface area contributed by atoms with Gasteiger partial charge in [0.15, 0.2) is 0 Å². The first-order valence-electron chi connectivity index (χ1n) is 4.09. The van der Waals surface area contributed by atoms with Gasteiger partial charge in [0, 0.05) is 0 Å². The van der Waals surface area contributed by atoms with E-state index in [2.05, 4.69) is 36.5 Å². The first kappa shape index (κ1) is 6.86. The zero-order chi connectivity index (χ0) is 7.68. The molecule has 0 aromatic heterocycles. The van der Waals surface area contributed by atoms with Crippen LogP contribution in [-0.4, -0.2) is 6.04 Å². The molecule has 0 amide bonds. The van der Waals surface area contributed by atoms with Crippen LogP contribution in [-0.2, 0) is 13.0 Å². The fourth-order valence-corrected chi connectivity index (χ4v) is 1.55. The molecule has 0 N–H and O–H groups in total. The molecule has 58 valence electrons. The highest BCUT2D eigenvalue weighted by molar-refractivity contribution is 5.33. The monoisotopic (exact) mass is 146 g/mol. The van der Waals surface area contributed by atoms with E-state index in [4.69, 9.17) is 0 Å². The van der Waals surface area contributed by atoms with Gasteiger partial charge in [-0.05, 0) is 12.0 Å². The second kappa shape index (κ2) is 2.67. The fraction of sp³-hybridized carbons (Fsp3) is 0.400. The molecular weight excluding hydrogens is 134 g/mol. The summed E-state index contributed by atoms with van der Waals surface area (Å²) in [6.07, 6.45) is 1.12. The fourth-order valence-electron chi connectivity index (χ4n) is 1.55. The van der Waals surface area contributed by atoms with E-state index in [0.717, 1.165) is 13.0 Å². The molecule has 0 radical (unpaired) electrons. The summed E-state index contributed by atoms with van der Waals surface area (Å²) in [7, 11) is 0. The maximum absolute atomic E-state index is 4.47. The summed E-state index contributed by atoms with van der Waals surface area (Å²) in [5, 5.41) is 4.47. The standard InChI is InChI=1S/C10H12N/c1-8-6-9-4-2-3-5-10(9)7-11-8/h2-5,8H,6-7H2,1H3/q-1/t8-/m0/s1. The minimum absolute atomic E-state index is 0.518. The van der Waals surface area contributed by atoms with Crippen molar-refractivity contribution >= 4 is 0 Å². The Morgan fingerprint density at radius 3 is 2.82 bits per heavy atom. The van der Waals surface area contributed by atoms with Crippen molar-refractivity contribution in [3.05, 3.63) is 40.7 Å². The van der Waals surface area contributed by atoms with Gasteiger partial charge in [-0.15, -0.1) is 12.6 Å². The Balaban J connectivity index is 2.34. The topological polar surface area (TPSA) is 14.1 Å². The molecule has 0 bridgehead atoms. The predicted octanol–water partition coefficient (Wildman–Crippen LogP) is 2.50. The summed E-state index contributed by atoms with van der Waals surface area (Å²) in [6.45, 7) is 3.09. The van der Waals surface area contributed by atoms with E-state index in [-0.39, 0.29) is 0 Å². The second-order valence-corrected chi connectivity index (χ2v) is 3.16. The summed E-state index contributed by atoms with van der Waals surface area (Å²) in [4.78, 5) is 0. The summed E-state index contributed by atoms with van der Waals surface area (Å²) < 4.78 is 0. The molecule has 1 aliphatic rings. The largest absolute Gasteiger partial charge is 0.656 e. The van der Waals surface area contributed by atoms with Crippen LogP contribution in [0.5, 0.6) is 0 Å². The number of hydrogen-bond donors (Lipinski definition) is 0. The van der Waals surface area contributed by atoms with Gasteiger partial charge in [0.25, 0.3) is 0 Å². The number of hydrogen-bond acceptors (Lipinski definition) is 0. The molecule has 1 aliphatic heterocycles. The van der Waals surface area contributed by atoms with Gasteiger partial charge in [-0.3, -0.25) is 0 Å². The van der Waals surface area contributed by atoms with Gasteiger partial charge in [0.05, 0.1) is 0 Å². The first-order valence-corrected chi connectivity index (χ1v) is 4.09. The van der Waals surface area contributed by atoms with Crippen molar-refractivity contribution < 1.29 is 0 Å². The van der Waals surface area contributed by atoms with E-state index in [9.17, 15) is 0 Å². The Hall–Kier alpha value is -0.820. The molecule has 1 heteroatoms. The van der Waals surface area contributed by atoms with Crippen molar-refractivity contribution in [2.75, 3.05) is 0 Å². The zero-order valence-corrected chi connectivity index (χ0v) is 6.75. The van der Waals surface area contributed by atoms with E-state index in [0.29, 0.717) is 6.04 Å². The molecule has 0 fully saturated rings. The lowest BCUT2D eigenvalue weighted by atomic mass is 9.97. The molecule has 1 aromatic carbocycles. The molecule has 0 saturated carbocycles. The smallest absolute Gasteiger partial charge is 0.0440 e. The molecule has 1 heterocycles. The van der Waals surface area contributed by atoms with Gasteiger partial charge in [0.1, 0.15) is 0 Å². The zero-order valence-electron chi connectivity index (χ0n) is 6.75. The van der Waals surface area contributed by atoms with Crippen LogP contribution in [0, 0.1) is 0 Å². The van der Waals surface area contributed by atoms with Gasteiger partial charge in [-0.25, -0.2) is 0 Å². The quantitative estimate of drug-likeness (QED) is 0.534. The predicted molar refractivity (Wildman–Crippen MR) is 46.7 cm³/mol. The van der Waals surface area contributed by atoms with Crippen LogP contribution in [0.25, 0.3) is 5.32 Å². The molecule has 1 aromatic rings. The average molecular weight is 146 g/mol. The van der Waals surface area contributed by atoms with Crippen molar-refractivity contribution in [3.63, 3.8) is 0 Å². The van der Waals surface area contributed by atoms with Gasteiger partial charge < -0.3 is 5.32 Å². The highest BCUT2D eigenvalue weighted by Crippen LogP contribution is 2.23. The normalized spacial score (nSPS) is 22.8. The SMILES string of the molecule is C[C@H]1Cc2ccccc2C[N-]1. The maximum atomic E-state index is 4.47. The highest BCUT2D eigenvalue weighted by Gasteiger charge is 2.04. The van der Waals surface area contributed by atoms with Crippen molar-refractivity contribution in [2.24, 2.45) is 0 Å². The van der Waals surface area contributed by atoms with E-state index < -0.39 is 0 Å². The van der Waals surface area contributed by atoms with E-state index >= 15 is 0 Å². The van der Waals surface area contributed by atoms with E-state index in [1.165, 1.54) is 11.1 Å². The Labute approximate surface area is 67.4 Å². The molecule has 1 nitrogen and oxygen atoms in total. The van der Waals surface area contributed by atoms with Crippen molar-refractivity contribution in [1.82, 2.24) is 0 Å². The molecule has 2 rings (SSSR count). The Morgan fingerprint density at radius 1 is 1.27 bits per heavy atom. The molecule has 0 spiro atoms. The van der Waals surface area contributed by atoms with Gasteiger partial charge in [-0.2, -0.15) is 0 Å². The lowest BCUT2D eigenvalue weighted by Crippen LogP contribution is -2.13. The van der Waals surface area contributed by atoms with Gasteiger partial charge >= 0.3 is 0 Å². The third kappa shape index (κ3) is 1.29. The van der Waals surface area contributed by atoms with Crippen LogP contribution in [0.15, 0.2) is 24.3 Å². The maximum Gasteiger partial charge on any atom is -0.0440 e. The van der Waals surface area contributed by atoms with Crippen LogP contribution >= 0.6 is 0 Å². The van der Waals surface area contributed by atoms with Crippen LogP contribution in [0.2, 0.25) is 0 Å². The lowest BCUT2D eigenvalue weighted by molar-refractivity contribution is 0.739.